The third kappa shape index (κ3) is 8.85. The molecule has 0 spiro atoms. The molecule has 7 rings (SSSR count). The van der Waals surface area contributed by atoms with E-state index < -0.39 is 24.1 Å². The molecule has 0 radical (unpaired) electrons. The molecule has 288 valence electrons. The summed E-state index contributed by atoms with van der Waals surface area (Å²) in [5.41, 5.74) is 6.04. The van der Waals surface area contributed by atoms with Crippen molar-refractivity contribution in [2.24, 2.45) is 7.05 Å². The number of rotatable bonds is 19. The zero-order valence-corrected chi connectivity index (χ0v) is 30.8. The van der Waals surface area contributed by atoms with E-state index in [0.29, 0.717) is 58.6 Å². The van der Waals surface area contributed by atoms with Crippen molar-refractivity contribution >= 4 is 39.5 Å². The Hall–Kier alpha value is -5.25. The summed E-state index contributed by atoms with van der Waals surface area (Å²) in [7, 11) is 2.09. The topological polar surface area (TPSA) is 164 Å². The summed E-state index contributed by atoms with van der Waals surface area (Å²) >= 11 is 0. The highest BCUT2D eigenvalue weighted by atomic mass is 16.6. The van der Waals surface area contributed by atoms with Crippen LogP contribution in [0.1, 0.15) is 45.7 Å². The summed E-state index contributed by atoms with van der Waals surface area (Å²) < 4.78 is 30.3. The molecule has 5 aromatic rings. The number of hydrogen-bond acceptors (Lipinski definition) is 11. The van der Waals surface area contributed by atoms with Crippen LogP contribution in [0.4, 0.5) is 0 Å². The maximum atomic E-state index is 13.0. The van der Waals surface area contributed by atoms with E-state index in [1.54, 1.807) is 6.07 Å². The van der Waals surface area contributed by atoms with Gasteiger partial charge in [-0.1, -0.05) is 18.2 Å². The van der Waals surface area contributed by atoms with E-state index in [0.717, 1.165) is 39.9 Å². The van der Waals surface area contributed by atoms with E-state index in [9.17, 15) is 19.5 Å². The lowest BCUT2D eigenvalue weighted by Gasteiger charge is -2.33. The Bertz CT molecular complexity index is 2140. The summed E-state index contributed by atoms with van der Waals surface area (Å²) in [5.74, 6) is -0.913. The number of amides is 3. The predicted molar refractivity (Wildman–Crippen MR) is 203 cm³/mol. The van der Waals surface area contributed by atoms with Crippen LogP contribution in [0.15, 0.2) is 73.2 Å². The van der Waals surface area contributed by atoms with Crippen LogP contribution in [0.5, 0.6) is 5.75 Å². The number of nitrogens with zero attached hydrogens (tertiary/aromatic N) is 4. The average Bonchev–Trinajstić information content (AvgIpc) is 3.62. The van der Waals surface area contributed by atoms with Crippen LogP contribution in [0.25, 0.3) is 32.9 Å². The Morgan fingerprint density at radius 2 is 1.45 bits per heavy atom. The van der Waals surface area contributed by atoms with Gasteiger partial charge < -0.3 is 38.7 Å². The first kappa shape index (κ1) is 38.0. The van der Waals surface area contributed by atoms with Gasteiger partial charge in [-0.05, 0) is 61.2 Å². The smallest absolute Gasteiger partial charge is 0.262 e. The highest BCUT2D eigenvalue weighted by molar-refractivity contribution is 6.21. The summed E-state index contributed by atoms with van der Waals surface area (Å²) in [6.07, 6.45) is 6.43. The molecule has 1 saturated heterocycles. The van der Waals surface area contributed by atoms with E-state index >= 15 is 0 Å². The van der Waals surface area contributed by atoms with E-state index in [4.69, 9.17) is 23.7 Å². The zero-order valence-electron chi connectivity index (χ0n) is 30.8. The average molecular weight is 752 g/mol. The molecule has 0 bridgehead atoms. The second kappa shape index (κ2) is 17.9. The number of imide groups is 1. The molecule has 55 heavy (non-hydrogen) atoms. The van der Waals surface area contributed by atoms with Crippen molar-refractivity contribution in [3.63, 3.8) is 0 Å². The maximum absolute atomic E-state index is 13.0. The van der Waals surface area contributed by atoms with Crippen molar-refractivity contribution in [2.75, 3.05) is 59.5 Å². The molecular formula is C41H45N5O9. The third-order valence-corrected chi connectivity index (χ3v) is 9.86. The molecule has 2 unspecified atom stereocenters. The van der Waals surface area contributed by atoms with Crippen molar-refractivity contribution in [3.8, 4) is 16.9 Å². The second-order valence-corrected chi connectivity index (χ2v) is 13.4. The third-order valence-electron chi connectivity index (χ3n) is 9.86. The number of aromatic nitrogens is 3. The molecule has 2 aliphatic heterocycles. The van der Waals surface area contributed by atoms with E-state index in [1.165, 1.54) is 28.6 Å². The first-order valence-corrected chi connectivity index (χ1v) is 18.6. The first-order valence-electron chi connectivity index (χ1n) is 18.6. The molecule has 3 amide bonds. The minimum atomic E-state index is -1.30. The van der Waals surface area contributed by atoms with Crippen LogP contribution >= 0.6 is 0 Å². The lowest BCUT2D eigenvalue weighted by Crippen LogP contribution is -2.57. The number of aliphatic hydroxyl groups excluding tert-OH is 1. The number of fused-ring (bicyclic) bond motifs is 4. The Morgan fingerprint density at radius 3 is 2.18 bits per heavy atom. The summed E-state index contributed by atoms with van der Waals surface area (Å²) in [6, 6.07) is 16.6. The Morgan fingerprint density at radius 1 is 0.745 bits per heavy atom. The van der Waals surface area contributed by atoms with E-state index in [1.807, 2.05) is 24.7 Å². The van der Waals surface area contributed by atoms with Gasteiger partial charge in [0.1, 0.15) is 18.6 Å². The zero-order chi connectivity index (χ0) is 38.1. The summed E-state index contributed by atoms with van der Waals surface area (Å²) in [4.78, 5) is 47.4. The van der Waals surface area contributed by atoms with Gasteiger partial charge in [0.2, 0.25) is 5.91 Å². The Balaban J connectivity index is 0.692. The molecule has 14 nitrogen and oxygen atoms in total. The van der Waals surface area contributed by atoms with Crippen molar-refractivity contribution < 1.29 is 43.2 Å². The molecule has 2 aromatic carbocycles. The van der Waals surface area contributed by atoms with Crippen LogP contribution < -0.4 is 10.1 Å². The van der Waals surface area contributed by atoms with Crippen LogP contribution in [0.2, 0.25) is 0 Å². The van der Waals surface area contributed by atoms with Crippen LogP contribution in [-0.2, 0) is 37.2 Å². The fraction of sp³-hybridized carbons (Fsp3) is 0.390. The molecule has 2 N–H and O–H groups in total. The van der Waals surface area contributed by atoms with Crippen LogP contribution in [0, 0.1) is 0 Å². The minimum absolute atomic E-state index is 0.126. The predicted octanol–water partition coefficient (Wildman–Crippen LogP) is 4.06. The van der Waals surface area contributed by atoms with E-state index in [2.05, 4.69) is 57.2 Å². The van der Waals surface area contributed by atoms with Gasteiger partial charge in [-0.3, -0.25) is 29.3 Å². The fourth-order valence-electron chi connectivity index (χ4n) is 6.98. The molecule has 2 atom stereocenters. The lowest BCUT2D eigenvalue weighted by molar-refractivity contribution is -0.129. The van der Waals surface area contributed by atoms with Gasteiger partial charge in [-0.15, -0.1) is 0 Å². The number of ether oxygens (including phenoxy) is 5. The second-order valence-electron chi connectivity index (χ2n) is 13.4. The number of benzene rings is 2. The van der Waals surface area contributed by atoms with Crippen LogP contribution in [0.3, 0.4) is 0 Å². The quantitative estimate of drug-likeness (QED) is 0.0925. The molecular weight excluding hydrogens is 706 g/mol. The highest BCUT2D eigenvalue weighted by Gasteiger charge is 2.44. The van der Waals surface area contributed by atoms with Crippen LogP contribution in [-0.4, -0.2) is 114 Å². The first-order chi connectivity index (χ1) is 26.9. The van der Waals surface area contributed by atoms with Gasteiger partial charge in [0.15, 0.2) is 0 Å². The van der Waals surface area contributed by atoms with Gasteiger partial charge in [0, 0.05) is 66.2 Å². The molecule has 5 heterocycles. The van der Waals surface area contributed by atoms with Crippen molar-refractivity contribution in [1.82, 2.24) is 24.8 Å². The van der Waals surface area contributed by atoms with Gasteiger partial charge in [0.25, 0.3) is 11.8 Å². The molecule has 3 aromatic heterocycles. The van der Waals surface area contributed by atoms with Gasteiger partial charge >= 0.3 is 0 Å². The van der Waals surface area contributed by atoms with Gasteiger partial charge in [0.05, 0.1) is 68.9 Å². The summed E-state index contributed by atoms with van der Waals surface area (Å²) in [5, 5.41) is 15.0. The van der Waals surface area contributed by atoms with E-state index in [-0.39, 0.29) is 36.5 Å². The number of nitrogens with one attached hydrogen (secondary N) is 1. The normalized spacial score (nSPS) is 17.0. The Labute approximate surface area is 318 Å². The summed E-state index contributed by atoms with van der Waals surface area (Å²) in [6.45, 7) is 3.88. The molecule has 0 aliphatic carbocycles. The largest absolute Gasteiger partial charge is 0.491 e. The Kier molecular flexibility index (Phi) is 12.4. The number of pyridine rings is 2. The number of carbonyl (C=O) groups excluding carboxylic acids is 3. The number of hydrogen-bond donors (Lipinski definition) is 2. The number of carbonyl (C=O) groups is 3. The SMILES string of the molecule is Cn1c2ccncc2c2ccc(-c3ccc(CCCOCCOCCOCCOCCOc4ccc5c(c4)C(=O)N(C4CCC(=O)NC4O)C5=O)nc3)cc21. The maximum Gasteiger partial charge on any atom is 0.262 e. The standard InChI is InChI=1S/C41H45N5O9/c1-45-35-12-13-42-26-34(35)31-8-5-27(23-37(31)45)28-4-6-29(43-25-28)3-2-14-51-15-16-52-17-18-53-19-20-54-21-22-55-30-7-9-32-33(24-30)41(50)46(40(32)49)36-10-11-38(47)44-39(36)48/h4-9,12-13,23-26,36,39,48H,2-3,10-11,14-22H2,1H3,(H,44,47). The fourth-order valence-corrected chi connectivity index (χ4v) is 6.98. The lowest BCUT2D eigenvalue weighted by atomic mass is 10.0. The number of aliphatic hydroxyl groups is 1. The molecule has 2 aliphatic rings. The van der Waals surface area contributed by atoms with Gasteiger partial charge in [-0.25, -0.2) is 0 Å². The molecule has 14 heteroatoms. The van der Waals surface area contributed by atoms with Gasteiger partial charge in [-0.2, -0.15) is 0 Å². The highest BCUT2D eigenvalue weighted by Crippen LogP contribution is 2.32. The molecule has 0 saturated carbocycles. The molecule has 1 fully saturated rings. The number of piperidine rings is 1. The monoisotopic (exact) mass is 751 g/mol. The van der Waals surface area contributed by atoms with Crippen molar-refractivity contribution in [3.05, 3.63) is 90.0 Å². The number of aryl methyl sites for hydroxylation is 2. The van der Waals surface area contributed by atoms with Crippen molar-refractivity contribution in [1.29, 1.82) is 0 Å². The minimum Gasteiger partial charge on any atom is -0.491 e. The van der Waals surface area contributed by atoms with Crippen molar-refractivity contribution in [2.45, 2.75) is 38.0 Å².